The summed E-state index contributed by atoms with van der Waals surface area (Å²) in [6.45, 7) is 0.0405. The van der Waals surface area contributed by atoms with Crippen LogP contribution in [0.1, 0.15) is 6.42 Å². The average molecular weight is 211 g/mol. The number of carbonyl (C=O) groups is 1. The third kappa shape index (κ3) is 2.05. The van der Waals surface area contributed by atoms with Crippen LogP contribution >= 0.6 is 0 Å². The Morgan fingerprint density at radius 3 is 2.43 bits per heavy atom. The molecule has 0 atom stereocenters. The molecular weight excluding hydrogens is 202 g/mol. The van der Waals surface area contributed by atoms with E-state index < -0.39 is 18.3 Å². The summed E-state index contributed by atoms with van der Waals surface area (Å²) in [6, 6.07) is 0. The molecule has 0 aromatic carbocycles. The van der Waals surface area contributed by atoms with E-state index in [9.17, 15) is 22.4 Å². The van der Waals surface area contributed by atoms with Gasteiger partial charge in [-0.15, -0.1) is 0 Å². The van der Waals surface area contributed by atoms with Crippen LogP contribution in [0.15, 0.2) is 12.2 Å². The number of rotatable bonds is 2. The van der Waals surface area contributed by atoms with Crippen molar-refractivity contribution in [1.29, 1.82) is 0 Å². The summed E-state index contributed by atoms with van der Waals surface area (Å²) in [6.07, 6.45) is -0.306. The van der Waals surface area contributed by atoms with Gasteiger partial charge < -0.3 is 4.90 Å². The molecule has 6 heteroatoms. The van der Waals surface area contributed by atoms with Crippen molar-refractivity contribution in [2.75, 3.05) is 13.1 Å². The lowest BCUT2D eigenvalue weighted by Crippen LogP contribution is -2.48. The van der Waals surface area contributed by atoms with Gasteiger partial charge in [0.25, 0.3) is 5.91 Å². The summed E-state index contributed by atoms with van der Waals surface area (Å²) >= 11 is 0. The van der Waals surface area contributed by atoms with Gasteiger partial charge in [-0.05, 0) is 6.42 Å². The first-order valence-electron chi connectivity index (χ1n) is 4.06. The highest BCUT2D eigenvalue weighted by molar-refractivity contribution is 5.84. The molecule has 1 aliphatic heterocycles. The fourth-order valence-electron chi connectivity index (χ4n) is 1.13. The molecule has 0 aromatic heterocycles. The SMILES string of the molecule is O=C(N1CC=CCC1)C(F)(F)C(F)F. The molecule has 1 amide bonds. The molecule has 0 fully saturated rings. The molecule has 2 nitrogen and oxygen atoms in total. The second-order valence-electron chi connectivity index (χ2n) is 2.93. The molecule has 0 aliphatic carbocycles. The summed E-state index contributed by atoms with van der Waals surface area (Å²) in [5.41, 5.74) is 0. The van der Waals surface area contributed by atoms with Crippen molar-refractivity contribution in [3.05, 3.63) is 12.2 Å². The van der Waals surface area contributed by atoms with Gasteiger partial charge in [0.1, 0.15) is 0 Å². The smallest absolute Gasteiger partial charge is 0.333 e. The molecule has 0 radical (unpaired) electrons. The van der Waals surface area contributed by atoms with Crippen molar-refractivity contribution in [2.45, 2.75) is 18.8 Å². The molecule has 0 saturated carbocycles. The van der Waals surface area contributed by atoms with Gasteiger partial charge in [-0.1, -0.05) is 12.2 Å². The van der Waals surface area contributed by atoms with Gasteiger partial charge in [0.2, 0.25) is 0 Å². The van der Waals surface area contributed by atoms with Crippen molar-refractivity contribution in [3.63, 3.8) is 0 Å². The summed E-state index contributed by atoms with van der Waals surface area (Å²) in [5, 5.41) is 0. The van der Waals surface area contributed by atoms with Crippen molar-refractivity contribution in [1.82, 2.24) is 4.90 Å². The first-order chi connectivity index (χ1) is 6.46. The number of alkyl halides is 4. The monoisotopic (exact) mass is 211 g/mol. The molecule has 1 aliphatic rings. The standard InChI is InChI=1S/C8H9F4NO/c9-6(10)8(11,12)7(14)13-4-2-1-3-5-13/h1-2,6H,3-5H2. The molecule has 0 saturated heterocycles. The third-order valence-electron chi connectivity index (χ3n) is 1.90. The van der Waals surface area contributed by atoms with Crippen LogP contribution in [0.2, 0.25) is 0 Å². The van der Waals surface area contributed by atoms with Crippen molar-refractivity contribution >= 4 is 5.91 Å². The van der Waals surface area contributed by atoms with Crippen molar-refractivity contribution < 1.29 is 22.4 Å². The minimum atomic E-state index is -4.56. The average Bonchev–Trinajstić information content (AvgIpc) is 2.17. The Morgan fingerprint density at radius 1 is 1.36 bits per heavy atom. The van der Waals surface area contributed by atoms with Crippen LogP contribution in [0.25, 0.3) is 0 Å². The minimum Gasteiger partial charge on any atom is -0.333 e. The molecule has 1 heterocycles. The number of amides is 1. The van der Waals surface area contributed by atoms with Crippen molar-refractivity contribution in [2.24, 2.45) is 0 Å². The van der Waals surface area contributed by atoms with Gasteiger partial charge in [-0.25, -0.2) is 8.78 Å². The molecule has 1 rings (SSSR count). The number of hydrogen-bond donors (Lipinski definition) is 0. The van der Waals surface area contributed by atoms with Gasteiger partial charge >= 0.3 is 12.3 Å². The van der Waals surface area contributed by atoms with Crippen LogP contribution in [0.5, 0.6) is 0 Å². The maximum atomic E-state index is 12.6. The quantitative estimate of drug-likeness (QED) is 0.502. The van der Waals surface area contributed by atoms with Crippen LogP contribution in [-0.4, -0.2) is 36.2 Å². The lowest BCUT2D eigenvalue weighted by molar-refractivity contribution is -0.180. The largest absolute Gasteiger partial charge is 0.383 e. The molecule has 0 spiro atoms. The van der Waals surface area contributed by atoms with E-state index in [1.54, 1.807) is 6.08 Å². The van der Waals surface area contributed by atoms with E-state index in [0.717, 1.165) is 4.90 Å². The lowest BCUT2D eigenvalue weighted by Gasteiger charge is -2.27. The minimum absolute atomic E-state index is 0.0266. The first kappa shape index (κ1) is 11.0. The van der Waals surface area contributed by atoms with Crippen LogP contribution < -0.4 is 0 Å². The second-order valence-corrected chi connectivity index (χ2v) is 2.93. The van der Waals surface area contributed by atoms with E-state index in [4.69, 9.17) is 0 Å². The molecule has 14 heavy (non-hydrogen) atoms. The van der Waals surface area contributed by atoms with E-state index in [2.05, 4.69) is 0 Å². The van der Waals surface area contributed by atoms with Gasteiger partial charge in [0, 0.05) is 13.1 Å². The zero-order valence-electron chi connectivity index (χ0n) is 7.22. The molecule has 80 valence electrons. The fourth-order valence-corrected chi connectivity index (χ4v) is 1.13. The second kappa shape index (κ2) is 3.98. The van der Waals surface area contributed by atoms with E-state index in [0.29, 0.717) is 6.42 Å². The highest BCUT2D eigenvalue weighted by Gasteiger charge is 2.50. The number of carbonyl (C=O) groups excluding carboxylic acids is 1. The van der Waals surface area contributed by atoms with Crippen molar-refractivity contribution in [3.8, 4) is 0 Å². The maximum absolute atomic E-state index is 12.6. The summed E-state index contributed by atoms with van der Waals surface area (Å²) in [7, 11) is 0. The van der Waals surface area contributed by atoms with Crippen LogP contribution in [0.4, 0.5) is 17.6 Å². The number of hydrogen-bond acceptors (Lipinski definition) is 1. The molecule has 0 bridgehead atoms. The predicted molar refractivity (Wildman–Crippen MR) is 41.3 cm³/mol. The van der Waals surface area contributed by atoms with E-state index in [-0.39, 0.29) is 13.1 Å². The Balaban J connectivity index is 2.68. The highest BCUT2D eigenvalue weighted by atomic mass is 19.3. The lowest BCUT2D eigenvalue weighted by atomic mass is 10.2. The summed E-state index contributed by atoms with van der Waals surface area (Å²) < 4.78 is 48.7. The zero-order valence-corrected chi connectivity index (χ0v) is 7.22. The van der Waals surface area contributed by atoms with Gasteiger partial charge in [0.15, 0.2) is 0 Å². The van der Waals surface area contributed by atoms with Gasteiger partial charge in [-0.3, -0.25) is 4.79 Å². The van der Waals surface area contributed by atoms with E-state index >= 15 is 0 Å². The van der Waals surface area contributed by atoms with E-state index in [1.807, 2.05) is 0 Å². The Labute approximate surface area is 78.2 Å². The predicted octanol–water partition coefficient (Wildman–Crippen LogP) is 1.68. The maximum Gasteiger partial charge on any atom is 0.383 e. The van der Waals surface area contributed by atoms with E-state index in [1.165, 1.54) is 6.08 Å². The normalized spacial score (nSPS) is 17.6. The Bertz CT molecular complexity index is 252. The Kier molecular flexibility index (Phi) is 3.13. The van der Waals surface area contributed by atoms with Gasteiger partial charge in [0.05, 0.1) is 0 Å². The topological polar surface area (TPSA) is 20.3 Å². The zero-order chi connectivity index (χ0) is 10.8. The van der Waals surface area contributed by atoms with Crippen LogP contribution in [0.3, 0.4) is 0 Å². The number of halogens is 4. The van der Waals surface area contributed by atoms with Crippen LogP contribution in [-0.2, 0) is 4.79 Å². The Hall–Kier alpha value is -1.07. The third-order valence-corrected chi connectivity index (χ3v) is 1.90. The first-order valence-corrected chi connectivity index (χ1v) is 4.06. The van der Waals surface area contributed by atoms with Gasteiger partial charge in [-0.2, -0.15) is 8.78 Å². The summed E-state index contributed by atoms with van der Waals surface area (Å²) in [4.78, 5) is 11.7. The fraction of sp³-hybridized carbons (Fsp3) is 0.625. The molecule has 0 N–H and O–H groups in total. The number of nitrogens with zero attached hydrogens (tertiary/aromatic N) is 1. The van der Waals surface area contributed by atoms with Crippen LogP contribution in [0, 0.1) is 0 Å². The highest BCUT2D eigenvalue weighted by Crippen LogP contribution is 2.25. The molecule has 0 unspecified atom stereocenters. The molecular formula is C8H9F4NO. The summed E-state index contributed by atoms with van der Waals surface area (Å²) in [5.74, 6) is -6.36. The Morgan fingerprint density at radius 2 is 2.00 bits per heavy atom. The molecule has 0 aromatic rings.